The average Bonchev–Trinajstić information content (AvgIpc) is 2.36. The largest absolute Gasteiger partial charge is 0.396 e. The molecule has 0 spiro atoms. The molecule has 18 heavy (non-hydrogen) atoms. The van der Waals surface area contributed by atoms with Crippen molar-refractivity contribution >= 4 is 0 Å². The van der Waals surface area contributed by atoms with Gasteiger partial charge in [-0.25, -0.2) is 0 Å². The molecule has 2 fully saturated rings. The lowest BCUT2D eigenvalue weighted by atomic mass is 9.81. The van der Waals surface area contributed by atoms with Gasteiger partial charge in [0.25, 0.3) is 0 Å². The predicted molar refractivity (Wildman–Crippen MR) is 72.5 cm³/mol. The number of fused-ring (bicyclic) bond motifs is 2. The number of nitrogens with zero attached hydrogens (tertiary/aromatic N) is 1. The van der Waals surface area contributed by atoms with E-state index < -0.39 is 5.41 Å². The lowest BCUT2D eigenvalue weighted by molar-refractivity contribution is 0.0338. The van der Waals surface area contributed by atoms with E-state index in [9.17, 15) is 10.2 Å². The minimum absolute atomic E-state index is 0.0377. The first kappa shape index (κ1) is 14.3. The van der Waals surface area contributed by atoms with E-state index >= 15 is 0 Å². The second-order valence-corrected chi connectivity index (χ2v) is 6.58. The SMILES string of the molecule is CN1C2CCCC1CC(NCC(C)(CO)CO)C2. The van der Waals surface area contributed by atoms with Gasteiger partial charge in [0.1, 0.15) is 0 Å². The highest BCUT2D eigenvalue weighted by Crippen LogP contribution is 2.32. The summed E-state index contributed by atoms with van der Waals surface area (Å²) in [5, 5.41) is 22.2. The lowest BCUT2D eigenvalue weighted by Gasteiger charge is -2.47. The summed E-state index contributed by atoms with van der Waals surface area (Å²) in [6.45, 7) is 2.70. The molecule has 2 rings (SSSR count). The summed E-state index contributed by atoms with van der Waals surface area (Å²) in [5.41, 5.74) is -0.390. The summed E-state index contributed by atoms with van der Waals surface area (Å²) in [6, 6.07) is 2.00. The Morgan fingerprint density at radius 2 is 1.72 bits per heavy atom. The van der Waals surface area contributed by atoms with Crippen LogP contribution in [0.5, 0.6) is 0 Å². The monoisotopic (exact) mass is 256 g/mol. The van der Waals surface area contributed by atoms with E-state index in [-0.39, 0.29) is 13.2 Å². The van der Waals surface area contributed by atoms with Gasteiger partial charge in [-0.15, -0.1) is 0 Å². The summed E-state index contributed by atoms with van der Waals surface area (Å²) in [6.07, 6.45) is 6.43. The van der Waals surface area contributed by atoms with Crippen LogP contribution in [0.1, 0.15) is 39.0 Å². The quantitative estimate of drug-likeness (QED) is 0.673. The smallest absolute Gasteiger partial charge is 0.0518 e. The Bertz CT molecular complexity index is 255. The number of hydrogen-bond donors (Lipinski definition) is 3. The molecule has 2 aliphatic rings. The van der Waals surface area contributed by atoms with Crippen LogP contribution in [0.3, 0.4) is 0 Å². The van der Waals surface area contributed by atoms with Crippen molar-refractivity contribution < 1.29 is 10.2 Å². The molecule has 0 aliphatic carbocycles. The molecule has 2 heterocycles. The van der Waals surface area contributed by atoms with Crippen molar-refractivity contribution in [1.82, 2.24) is 10.2 Å². The van der Waals surface area contributed by atoms with Crippen LogP contribution >= 0.6 is 0 Å². The van der Waals surface area contributed by atoms with Crippen molar-refractivity contribution in [3.05, 3.63) is 0 Å². The van der Waals surface area contributed by atoms with E-state index in [0.717, 1.165) is 12.1 Å². The number of aliphatic hydroxyl groups excluding tert-OH is 2. The number of piperidine rings is 2. The second-order valence-electron chi connectivity index (χ2n) is 6.58. The van der Waals surface area contributed by atoms with Gasteiger partial charge >= 0.3 is 0 Å². The molecule has 3 N–H and O–H groups in total. The van der Waals surface area contributed by atoms with Crippen LogP contribution in [0.25, 0.3) is 0 Å². The van der Waals surface area contributed by atoms with Gasteiger partial charge in [0.15, 0.2) is 0 Å². The predicted octanol–water partition coefficient (Wildman–Crippen LogP) is 0.582. The maximum Gasteiger partial charge on any atom is 0.0518 e. The van der Waals surface area contributed by atoms with Crippen LogP contribution in [0.15, 0.2) is 0 Å². The van der Waals surface area contributed by atoms with Gasteiger partial charge in [-0.2, -0.15) is 0 Å². The Labute approximate surface area is 110 Å². The number of aliphatic hydroxyl groups is 2. The van der Waals surface area contributed by atoms with E-state index in [1.165, 1.54) is 32.1 Å². The van der Waals surface area contributed by atoms with Crippen molar-refractivity contribution in [1.29, 1.82) is 0 Å². The molecule has 0 aromatic rings. The third-order valence-electron chi connectivity index (χ3n) is 4.92. The first-order chi connectivity index (χ1) is 8.58. The number of rotatable bonds is 5. The van der Waals surface area contributed by atoms with Crippen LogP contribution < -0.4 is 5.32 Å². The summed E-state index contributed by atoms with van der Waals surface area (Å²) in [4.78, 5) is 2.55. The van der Waals surface area contributed by atoms with Crippen molar-refractivity contribution in [2.45, 2.75) is 57.2 Å². The molecule has 2 saturated heterocycles. The highest BCUT2D eigenvalue weighted by molar-refractivity contribution is 4.94. The van der Waals surface area contributed by atoms with Crippen molar-refractivity contribution in [2.75, 3.05) is 26.8 Å². The summed E-state index contributed by atoms with van der Waals surface area (Å²) in [7, 11) is 2.26. The Morgan fingerprint density at radius 1 is 1.17 bits per heavy atom. The first-order valence-electron chi connectivity index (χ1n) is 7.25. The van der Waals surface area contributed by atoms with Gasteiger partial charge in [-0.1, -0.05) is 13.3 Å². The number of nitrogens with one attached hydrogen (secondary N) is 1. The average molecular weight is 256 g/mol. The fourth-order valence-corrected chi connectivity index (χ4v) is 3.34. The zero-order chi connectivity index (χ0) is 13.2. The van der Waals surface area contributed by atoms with Gasteiger partial charge in [-0.05, 0) is 32.7 Å². The maximum absolute atomic E-state index is 9.31. The molecular weight excluding hydrogens is 228 g/mol. The minimum Gasteiger partial charge on any atom is -0.396 e. The van der Waals surface area contributed by atoms with Gasteiger partial charge in [-0.3, -0.25) is 0 Å². The third-order valence-corrected chi connectivity index (χ3v) is 4.92. The van der Waals surface area contributed by atoms with Gasteiger partial charge in [0, 0.05) is 30.1 Å². The van der Waals surface area contributed by atoms with Crippen LogP contribution in [0, 0.1) is 5.41 Å². The fraction of sp³-hybridized carbons (Fsp3) is 1.00. The molecule has 2 atom stereocenters. The molecule has 2 unspecified atom stereocenters. The molecule has 4 nitrogen and oxygen atoms in total. The van der Waals surface area contributed by atoms with E-state index in [1.807, 2.05) is 6.92 Å². The maximum atomic E-state index is 9.31. The standard InChI is InChI=1S/C14H28N2O2/c1-14(9-17,10-18)8-15-11-6-12-4-3-5-13(7-11)16(12)2/h11-13,15,17-18H,3-10H2,1-2H3. The molecule has 0 saturated carbocycles. The second kappa shape index (κ2) is 5.87. The highest BCUT2D eigenvalue weighted by atomic mass is 16.3. The first-order valence-corrected chi connectivity index (χ1v) is 7.25. The van der Waals surface area contributed by atoms with E-state index in [1.54, 1.807) is 0 Å². The Kier molecular flexibility index (Phi) is 4.64. The van der Waals surface area contributed by atoms with Gasteiger partial charge < -0.3 is 20.4 Å². The zero-order valence-electron chi connectivity index (χ0n) is 11.7. The molecule has 0 radical (unpaired) electrons. The van der Waals surface area contributed by atoms with Crippen molar-refractivity contribution in [3.8, 4) is 0 Å². The molecule has 2 bridgehead atoms. The fourth-order valence-electron chi connectivity index (χ4n) is 3.34. The zero-order valence-corrected chi connectivity index (χ0v) is 11.7. The van der Waals surface area contributed by atoms with Gasteiger partial charge in [0.05, 0.1) is 13.2 Å². The van der Waals surface area contributed by atoms with Crippen molar-refractivity contribution in [2.24, 2.45) is 5.41 Å². The van der Waals surface area contributed by atoms with E-state index in [2.05, 4.69) is 17.3 Å². The topological polar surface area (TPSA) is 55.7 Å². The molecule has 0 aromatic heterocycles. The molecular formula is C14H28N2O2. The molecule has 2 aliphatic heterocycles. The molecule has 106 valence electrons. The van der Waals surface area contributed by atoms with Crippen LogP contribution in [-0.2, 0) is 0 Å². The normalized spacial score (nSPS) is 33.7. The minimum atomic E-state index is -0.390. The van der Waals surface area contributed by atoms with E-state index in [4.69, 9.17) is 0 Å². The summed E-state index contributed by atoms with van der Waals surface area (Å²) >= 11 is 0. The summed E-state index contributed by atoms with van der Waals surface area (Å²) in [5.74, 6) is 0. The molecule has 0 amide bonds. The van der Waals surface area contributed by atoms with Crippen molar-refractivity contribution in [3.63, 3.8) is 0 Å². The van der Waals surface area contributed by atoms with Crippen LogP contribution in [0.2, 0.25) is 0 Å². The lowest BCUT2D eigenvalue weighted by Crippen LogP contribution is -2.55. The Balaban J connectivity index is 1.84. The van der Waals surface area contributed by atoms with E-state index in [0.29, 0.717) is 12.6 Å². The molecule has 0 aromatic carbocycles. The van der Waals surface area contributed by atoms with Gasteiger partial charge in [0.2, 0.25) is 0 Å². The summed E-state index contributed by atoms with van der Waals surface area (Å²) < 4.78 is 0. The van der Waals surface area contributed by atoms with Crippen LogP contribution in [-0.4, -0.2) is 60.0 Å². The molecule has 4 heteroatoms. The Hall–Kier alpha value is -0.160. The highest BCUT2D eigenvalue weighted by Gasteiger charge is 2.36. The Morgan fingerprint density at radius 3 is 2.22 bits per heavy atom. The number of hydrogen-bond acceptors (Lipinski definition) is 4. The van der Waals surface area contributed by atoms with Crippen LogP contribution in [0.4, 0.5) is 0 Å². The third kappa shape index (κ3) is 3.05.